The zero-order chi connectivity index (χ0) is 13.6. The van der Waals surface area contributed by atoms with Gasteiger partial charge in [0.25, 0.3) is 0 Å². The van der Waals surface area contributed by atoms with Gasteiger partial charge in [0.05, 0.1) is 5.75 Å². The SMILES string of the molecule is C=C(Br)CNS(=O)(=O)CCOc1cccc(N)c1. The molecule has 0 radical (unpaired) electrons. The van der Waals surface area contributed by atoms with Crippen LogP contribution in [0.1, 0.15) is 0 Å². The van der Waals surface area contributed by atoms with Crippen LogP contribution in [0.3, 0.4) is 0 Å². The number of ether oxygens (including phenoxy) is 1. The quantitative estimate of drug-likeness (QED) is 0.740. The fourth-order valence-corrected chi connectivity index (χ4v) is 2.30. The van der Waals surface area contributed by atoms with Gasteiger partial charge < -0.3 is 10.5 Å². The monoisotopic (exact) mass is 334 g/mol. The molecule has 0 fully saturated rings. The summed E-state index contributed by atoms with van der Waals surface area (Å²) in [6, 6.07) is 6.83. The molecule has 0 aliphatic carbocycles. The lowest BCUT2D eigenvalue weighted by Crippen LogP contribution is -2.29. The number of halogens is 1. The minimum Gasteiger partial charge on any atom is -0.492 e. The number of anilines is 1. The van der Waals surface area contributed by atoms with Crippen LogP contribution in [0.25, 0.3) is 0 Å². The Hall–Kier alpha value is -1.05. The summed E-state index contributed by atoms with van der Waals surface area (Å²) >= 11 is 3.07. The number of sulfonamides is 1. The van der Waals surface area contributed by atoms with E-state index in [9.17, 15) is 8.42 Å². The highest BCUT2D eigenvalue weighted by molar-refractivity contribution is 9.11. The van der Waals surface area contributed by atoms with Gasteiger partial charge in [-0.2, -0.15) is 0 Å². The molecule has 1 aromatic carbocycles. The maximum absolute atomic E-state index is 11.5. The van der Waals surface area contributed by atoms with Gasteiger partial charge in [-0.05, 0) is 12.1 Å². The van der Waals surface area contributed by atoms with Crippen LogP contribution in [0.2, 0.25) is 0 Å². The minimum atomic E-state index is -3.35. The Morgan fingerprint density at radius 2 is 2.22 bits per heavy atom. The molecule has 0 saturated carbocycles. The van der Waals surface area contributed by atoms with Crippen LogP contribution < -0.4 is 15.2 Å². The van der Waals surface area contributed by atoms with E-state index in [1.807, 2.05) is 0 Å². The number of hydrogen-bond acceptors (Lipinski definition) is 4. The molecule has 7 heteroatoms. The molecule has 1 rings (SSSR count). The summed E-state index contributed by atoms with van der Waals surface area (Å²) in [6.45, 7) is 3.77. The van der Waals surface area contributed by atoms with Crippen molar-refractivity contribution in [2.24, 2.45) is 0 Å². The number of nitrogens with two attached hydrogens (primary N) is 1. The van der Waals surface area contributed by atoms with Crippen LogP contribution in [0.5, 0.6) is 5.75 Å². The molecule has 0 aromatic heterocycles. The number of hydrogen-bond donors (Lipinski definition) is 2. The Morgan fingerprint density at radius 1 is 1.50 bits per heavy atom. The van der Waals surface area contributed by atoms with Crippen LogP contribution in [-0.4, -0.2) is 27.3 Å². The first-order valence-corrected chi connectivity index (χ1v) is 7.62. The van der Waals surface area contributed by atoms with Crippen LogP contribution in [0.15, 0.2) is 35.3 Å². The smallest absolute Gasteiger partial charge is 0.215 e. The average Bonchev–Trinajstić information content (AvgIpc) is 2.26. The van der Waals surface area contributed by atoms with Gasteiger partial charge in [-0.1, -0.05) is 28.6 Å². The lowest BCUT2D eigenvalue weighted by atomic mass is 10.3. The lowest BCUT2D eigenvalue weighted by Gasteiger charge is -2.08. The van der Waals surface area contributed by atoms with E-state index < -0.39 is 10.0 Å². The van der Waals surface area contributed by atoms with Gasteiger partial charge in [-0.15, -0.1) is 0 Å². The van der Waals surface area contributed by atoms with Crippen molar-refractivity contribution < 1.29 is 13.2 Å². The molecule has 0 amide bonds. The minimum absolute atomic E-state index is 0.0630. The zero-order valence-electron chi connectivity index (χ0n) is 9.73. The normalized spacial score (nSPS) is 11.2. The van der Waals surface area contributed by atoms with E-state index in [4.69, 9.17) is 10.5 Å². The van der Waals surface area contributed by atoms with Gasteiger partial charge in [-0.3, -0.25) is 0 Å². The Kier molecular flexibility index (Phi) is 5.64. The fourth-order valence-electron chi connectivity index (χ4n) is 1.13. The molecule has 1 aromatic rings. The number of rotatable bonds is 7. The third-order valence-electron chi connectivity index (χ3n) is 1.96. The van der Waals surface area contributed by atoms with Gasteiger partial charge in [-0.25, -0.2) is 13.1 Å². The second-order valence-corrected chi connectivity index (χ2v) is 6.63. The molecule has 0 aliphatic heterocycles. The molecule has 0 spiro atoms. The second-order valence-electron chi connectivity index (χ2n) is 3.58. The predicted molar refractivity (Wildman–Crippen MR) is 76.2 cm³/mol. The summed E-state index contributed by atoms with van der Waals surface area (Å²) in [4.78, 5) is 0. The Labute approximate surface area is 115 Å². The van der Waals surface area contributed by atoms with E-state index in [0.29, 0.717) is 15.9 Å². The number of benzene rings is 1. The highest BCUT2D eigenvalue weighted by Gasteiger charge is 2.10. The van der Waals surface area contributed by atoms with Crippen molar-refractivity contribution in [1.82, 2.24) is 4.72 Å². The molecule has 100 valence electrons. The van der Waals surface area contributed by atoms with E-state index in [2.05, 4.69) is 27.2 Å². The van der Waals surface area contributed by atoms with E-state index in [-0.39, 0.29) is 18.9 Å². The maximum Gasteiger partial charge on any atom is 0.215 e. The van der Waals surface area contributed by atoms with Gasteiger partial charge >= 0.3 is 0 Å². The molecule has 3 N–H and O–H groups in total. The van der Waals surface area contributed by atoms with E-state index in [0.717, 1.165) is 0 Å². The average molecular weight is 335 g/mol. The number of nitrogen functional groups attached to an aromatic ring is 1. The predicted octanol–water partition coefficient (Wildman–Crippen LogP) is 1.48. The van der Waals surface area contributed by atoms with Crippen LogP contribution in [-0.2, 0) is 10.0 Å². The Balaban J connectivity index is 2.39. The highest BCUT2D eigenvalue weighted by Crippen LogP contribution is 2.14. The number of nitrogens with one attached hydrogen (secondary N) is 1. The van der Waals surface area contributed by atoms with E-state index in [1.165, 1.54) is 0 Å². The third kappa shape index (κ3) is 6.04. The molecular weight excluding hydrogens is 320 g/mol. The molecule has 0 bridgehead atoms. The fraction of sp³-hybridized carbons (Fsp3) is 0.273. The van der Waals surface area contributed by atoms with Gasteiger partial charge in [0, 0.05) is 22.8 Å². The summed E-state index contributed by atoms with van der Waals surface area (Å²) in [5.41, 5.74) is 6.14. The summed E-state index contributed by atoms with van der Waals surface area (Å²) in [6.07, 6.45) is 0. The summed E-state index contributed by atoms with van der Waals surface area (Å²) in [5, 5.41) is 0. The standard InChI is InChI=1S/C11H15BrN2O3S/c1-9(12)8-14-18(15,16)6-5-17-11-4-2-3-10(13)7-11/h2-4,7,14H,1,5-6,8,13H2. The van der Waals surface area contributed by atoms with Crippen LogP contribution >= 0.6 is 15.9 Å². The molecule has 0 saturated heterocycles. The van der Waals surface area contributed by atoms with Crippen LogP contribution in [0, 0.1) is 0 Å². The lowest BCUT2D eigenvalue weighted by molar-refractivity contribution is 0.340. The van der Waals surface area contributed by atoms with Crippen molar-refractivity contribution in [2.75, 3.05) is 24.6 Å². The van der Waals surface area contributed by atoms with Crippen molar-refractivity contribution >= 4 is 31.6 Å². The van der Waals surface area contributed by atoms with Gasteiger partial charge in [0.15, 0.2) is 0 Å². The first-order valence-electron chi connectivity index (χ1n) is 5.18. The van der Waals surface area contributed by atoms with Crippen molar-refractivity contribution in [2.45, 2.75) is 0 Å². The summed E-state index contributed by atoms with van der Waals surface area (Å²) in [7, 11) is -3.35. The largest absolute Gasteiger partial charge is 0.492 e. The zero-order valence-corrected chi connectivity index (χ0v) is 12.1. The summed E-state index contributed by atoms with van der Waals surface area (Å²) < 4.78 is 31.3. The molecule has 0 atom stereocenters. The third-order valence-corrected chi connectivity index (χ3v) is 3.53. The van der Waals surface area contributed by atoms with Crippen molar-refractivity contribution in [1.29, 1.82) is 0 Å². The second kappa shape index (κ2) is 6.77. The molecule has 0 heterocycles. The molecule has 0 aliphatic rings. The first kappa shape index (κ1) is 15.0. The van der Waals surface area contributed by atoms with Crippen molar-refractivity contribution in [3.63, 3.8) is 0 Å². The maximum atomic E-state index is 11.5. The first-order chi connectivity index (χ1) is 8.39. The molecule has 0 unspecified atom stereocenters. The Morgan fingerprint density at radius 3 is 2.83 bits per heavy atom. The van der Waals surface area contributed by atoms with E-state index in [1.54, 1.807) is 24.3 Å². The van der Waals surface area contributed by atoms with Gasteiger partial charge in [0.1, 0.15) is 12.4 Å². The van der Waals surface area contributed by atoms with E-state index >= 15 is 0 Å². The summed E-state index contributed by atoms with van der Waals surface area (Å²) in [5.74, 6) is 0.428. The topological polar surface area (TPSA) is 81.4 Å². The van der Waals surface area contributed by atoms with Crippen LogP contribution in [0.4, 0.5) is 5.69 Å². The van der Waals surface area contributed by atoms with Crippen molar-refractivity contribution in [3.05, 3.63) is 35.3 Å². The molecular formula is C11H15BrN2O3S. The van der Waals surface area contributed by atoms with Crippen molar-refractivity contribution in [3.8, 4) is 5.75 Å². The van der Waals surface area contributed by atoms with Gasteiger partial charge in [0.2, 0.25) is 10.0 Å². The Bertz CT molecular complexity index is 517. The molecule has 18 heavy (non-hydrogen) atoms. The molecule has 5 nitrogen and oxygen atoms in total. The highest BCUT2D eigenvalue weighted by atomic mass is 79.9.